The summed E-state index contributed by atoms with van der Waals surface area (Å²) >= 11 is 17.7. The van der Waals surface area contributed by atoms with Crippen molar-refractivity contribution < 1.29 is 4.79 Å². The summed E-state index contributed by atoms with van der Waals surface area (Å²) in [5.74, 6) is -0.333. The second-order valence-corrected chi connectivity index (χ2v) is 6.63. The molecule has 132 valence electrons. The number of nitrogens with zero attached hydrogens (tertiary/aromatic N) is 4. The second-order valence-electron chi connectivity index (χ2n) is 5.37. The van der Waals surface area contributed by atoms with Gasteiger partial charge in [0.2, 0.25) is 0 Å². The van der Waals surface area contributed by atoms with Crippen LogP contribution >= 0.6 is 34.8 Å². The predicted octanol–water partition coefficient (Wildman–Crippen LogP) is 4.38. The Hall–Kier alpha value is -2.28. The number of hydrogen-bond acceptors (Lipinski definition) is 5. The van der Waals surface area contributed by atoms with Crippen molar-refractivity contribution in [2.75, 3.05) is 0 Å². The molecule has 1 aromatic carbocycles. The summed E-state index contributed by atoms with van der Waals surface area (Å²) in [5, 5.41) is 3.89. The number of nitrogens with one attached hydrogen (secondary N) is 1. The highest BCUT2D eigenvalue weighted by Crippen LogP contribution is 2.24. The Morgan fingerprint density at radius 1 is 0.962 bits per heavy atom. The molecule has 0 unspecified atom stereocenters. The van der Waals surface area contributed by atoms with E-state index in [4.69, 9.17) is 34.8 Å². The maximum absolute atomic E-state index is 12.5. The third kappa shape index (κ3) is 4.27. The number of carbonyl (C=O) groups is 1. The molecule has 2 heterocycles. The lowest BCUT2D eigenvalue weighted by Crippen LogP contribution is -2.28. The van der Waals surface area contributed by atoms with Crippen LogP contribution in [0.5, 0.6) is 0 Å². The molecule has 0 spiro atoms. The van der Waals surface area contributed by atoms with E-state index < -0.39 is 6.04 Å². The SMILES string of the molecule is C[C@H](NC(=O)c1cc(Cl)cc(Cl)c1)c1nccnc1-c1cnc(Cl)cn1. The molecule has 0 saturated heterocycles. The fourth-order valence-corrected chi connectivity index (χ4v) is 2.95. The van der Waals surface area contributed by atoms with Gasteiger partial charge < -0.3 is 5.32 Å². The van der Waals surface area contributed by atoms with Crippen molar-refractivity contribution in [2.24, 2.45) is 0 Å². The van der Waals surface area contributed by atoms with Crippen LogP contribution in [0.4, 0.5) is 0 Å². The fraction of sp³-hybridized carbons (Fsp3) is 0.118. The van der Waals surface area contributed by atoms with Gasteiger partial charge in [0, 0.05) is 28.0 Å². The number of benzene rings is 1. The number of carbonyl (C=O) groups excluding carboxylic acids is 1. The van der Waals surface area contributed by atoms with Gasteiger partial charge in [0.15, 0.2) is 0 Å². The Kier molecular flexibility index (Phi) is 5.66. The van der Waals surface area contributed by atoms with Gasteiger partial charge in [0.05, 0.1) is 24.1 Å². The van der Waals surface area contributed by atoms with E-state index in [1.807, 2.05) is 0 Å². The molecule has 6 nitrogen and oxygen atoms in total. The van der Waals surface area contributed by atoms with Crippen LogP contribution in [-0.4, -0.2) is 25.8 Å². The molecule has 1 atom stereocenters. The third-order valence-corrected chi connectivity index (χ3v) is 4.10. The first-order chi connectivity index (χ1) is 12.4. The van der Waals surface area contributed by atoms with Crippen LogP contribution in [0.15, 0.2) is 43.0 Å². The smallest absolute Gasteiger partial charge is 0.251 e. The Balaban J connectivity index is 1.87. The summed E-state index contributed by atoms with van der Waals surface area (Å²) in [4.78, 5) is 29.3. The van der Waals surface area contributed by atoms with Crippen LogP contribution in [0.25, 0.3) is 11.4 Å². The molecule has 0 saturated carbocycles. The molecule has 0 aliphatic rings. The average molecular weight is 409 g/mol. The molecule has 0 radical (unpaired) electrons. The lowest BCUT2D eigenvalue weighted by Gasteiger charge is -2.16. The van der Waals surface area contributed by atoms with Gasteiger partial charge in [-0.1, -0.05) is 34.8 Å². The van der Waals surface area contributed by atoms with Crippen molar-refractivity contribution in [3.63, 3.8) is 0 Å². The van der Waals surface area contributed by atoms with E-state index in [1.54, 1.807) is 25.4 Å². The molecule has 0 bridgehead atoms. The van der Waals surface area contributed by atoms with Gasteiger partial charge >= 0.3 is 0 Å². The van der Waals surface area contributed by atoms with E-state index in [2.05, 4.69) is 25.3 Å². The molecule has 0 aliphatic carbocycles. The van der Waals surface area contributed by atoms with Crippen molar-refractivity contribution in [3.8, 4) is 11.4 Å². The Labute approximate surface area is 164 Å². The molecule has 26 heavy (non-hydrogen) atoms. The largest absolute Gasteiger partial charge is 0.344 e. The number of aromatic nitrogens is 4. The average Bonchev–Trinajstić information content (AvgIpc) is 2.61. The maximum Gasteiger partial charge on any atom is 0.251 e. The molecule has 9 heteroatoms. The lowest BCUT2D eigenvalue weighted by atomic mass is 10.1. The second kappa shape index (κ2) is 7.95. The van der Waals surface area contributed by atoms with Gasteiger partial charge in [-0.05, 0) is 25.1 Å². The summed E-state index contributed by atoms with van der Waals surface area (Å²) in [6.07, 6.45) is 6.01. The first-order valence-corrected chi connectivity index (χ1v) is 8.63. The summed E-state index contributed by atoms with van der Waals surface area (Å²) in [6.45, 7) is 1.79. The lowest BCUT2D eigenvalue weighted by molar-refractivity contribution is 0.0939. The zero-order valence-corrected chi connectivity index (χ0v) is 15.7. The first kappa shape index (κ1) is 18.5. The molecule has 3 rings (SSSR count). The molecular formula is C17H12Cl3N5O. The van der Waals surface area contributed by atoms with Gasteiger partial charge in [0.1, 0.15) is 16.5 Å². The first-order valence-electron chi connectivity index (χ1n) is 7.50. The highest BCUT2D eigenvalue weighted by Gasteiger charge is 2.19. The van der Waals surface area contributed by atoms with E-state index in [0.717, 1.165) is 0 Å². The molecule has 1 N–H and O–H groups in total. The van der Waals surface area contributed by atoms with E-state index in [-0.39, 0.29) is 11.1 Å². The standard InChI is InChI=1S/C17H12Cl3N5O/c1-9(25-17(26)10-4-11(18)6-12(19)5-10)15-16(22-3-2-21-15)13-7-24-14(20)8-23-13/h2-9H,1H3,(H,25,26)/t9-/m0/s1. The van der Waals surface area contributed by atoms with Crippen LogP contribution in [0.1, 0.15) is 29.0 Å². The van der Waals surface area contributed by atoms with E-state index >= 15 is 0 Å². The van der Waals surface area contributed by atoms with Crippen LogP contribution in [0, 0.1) is 0 Å². The van der Waals surface area contributed by atoms with Crippen molar-refractivity contribution in [1.82, 2.24) is 25.3 Å². The van der Waals surface area contributed by atoms with Gasteiger partial charge in [-0.2, -0.15) is 0 Å². The van der Waals surface area contributed by atoms with E-state index in [9.17, 15) is 4.79 Å². The predicted molar refractivity (Wildman–Crippen MR) is 100 cm³/mol. The van der Waals surface area contributed by atoms with Gasteiger partial charge in [0.25, 0.3) is 5.91 Å². The van der Waals surface area contributed by atoms with Crippen LogP contribution in [-0.2, 0) is 0 Å². The third-order valence-electron chi connectivity index (χ3n) is 3.47. The summed E-state index contributed by atoms with van der Waals surface area (Å²) in [7, 11) is 0. The minimum atomic E-state index is -0.443. The number of amides is 1. The molecule has 0 aliphatic heterocycles. The van der Waals surface area contributed by atoms with E-state index in [1.165, 1.54) is 24.5 Å². The van der Waals surface area contributed by atoms with Crippen LogP contribution < -0.4 is 5.32 Å². The summed E-state index contributed by atoms with van der Waals surface area (Å²) in [6, 6.07) is 4.19. The van der Waals surface area contributed by atoms with Crippen LogP contribution in [0.3, 0.4) is 0 Å². The Bertz CT molecular complexity index is 929. The van der Waals surface area contributed by atoms with Gasteiger partial charge in [-0.15, -0.1) is 0 Å². The number of halogens is 3. The summed E-state index contributed by atoms with van der Waals surface area (Å²) < 4.78 is 0. The molecule has 1 amide bonds. The minimum absolute atomic E-state index is 0.276. The van der Waals surface area contributed by atoms with Crippen molar-refractivity contribution in [2.45, 2.75) is 13.0 Å². The maximum atomic E-state index is 12.5. The van der Waals surface area contributed by atoms with Gasteiger partial charge in [-0.3, -0.25) is 14.8 Å². The quantitative estimate of drug-likeness (QED) is 0.692. The summed E-state index contributed by atoms with van der Waals surface area (Å²) in [5.41, 5.74) is 1.91. The molecule has 2 aromatic heterocycles. The van der Waals surface area contributed by atoms with Crippen molar-refractivity contribution in [1.29, 1.82) is 0 Å². The number of rotatable bonds is 4. The fourth-order valence-electron chi connectivity index (χ4n) is 2.33. The molecular weight excluding hydrogens is 397 g/mol. The van der Waals surface area contributed by atoms with Crippen molar-refractivity contribution >= 4 is 40.7 Å². The van der Waals surface area contributed by atoms with Crippen molar-refractivity contribution in [3.05, 3.63) is 69.4 Å². The Morgan fingerprint density at radius 3 is 2.31 bits per heavy atom. The zero-order valence-electron chi connectivity index (χ0n) is 13.4. The Morgan fingerprint density at radius 2 is 1.65 bits per heavy atom. The normalized spacial score (nSPS) is 11.8. The molecule has 3 aromatic rings. The number of hydrogen-bond donors (Lipinski definition) is 1. The zero-order chi connectivity index (χ0) is 18.7. The highest BCUT2D eigenvalue weighted by molar-refractivity contribution is 6.35. The molecule has 0 fully saturated rings. The van der Waals surface area contributed by atoms with E-state index in [0.29, 0.717) is 32.7 Å². The minimum Gasteiger partial charge on any atom is -0.344 e. The monoisotopic (exact) mass is 407 g/mol. The van der Waals surface area contributed by atoms with Gasteiger partial charge in [-0.25, -0.2) is 9.97 Å². The van der Waals surface area contributed by atoms with Crippen LogP contribution in [0.2, 0.25) is 15.2 Å². The highest BCUT2D eigenvalue weighted by atomic mass is 35.5. The topological polar surface area (TPSA) is 80.7 Å².